The first-order valence-corrected chi connectivity index (χ1v) is 9.93. The van der Waals surface area contributed by atoms with Gasteiger partial charge in [-0.25, -0.2) is 4.79 Å². The maximum absolute atomic E-state index is 12.3. The number of carbonyl (C=O) groups excluding carboxylic acids is 1. The van der Waals surface area contributed by atoms with Gasteiger partial charge in [0.1, 0.15) is 11.3 Å². The average molecular weight is 470 g/mol. The first-order chi connectivity index (χ1) is 14.0. The van der Waals surface area contributed by atoms with Crippen LogP contribution < -0.4 is 10.4 Å². The minimum atomic E-state index is -0.476. The Morgan fingerprint density at radius 3 is 2.45 bits per heavy atom. The number of carbonyl (C=O) groups is 1. The predicted molar refractivity (Wildman–Crippen MR) is 117 cm³/mol. The molecule has 0 bridgehead atoms. The molecule has 0 aliphatic carbocycles. The molecule has 6 heteroatoms. The van der Waals surface area contributed by atoms with E-state index in [1.807, 2.05) is 30.3 Å². The molecule has 4 rings (SSSR count). The van der Waals surface area contributed by atoms with Crippen LogP contribution in [0.15, 0.2) is 86.5 Å². The molecule has 144 valence electrons. The van der Waals surface area contributed by atoms with E-state index in [2.05, 4.69) is 15.9 Å². The Bertz CT molecular complexity index is 1250. The highest BCUT2D eigenvalue weighted by Gasteiger charge is 2.14. The lowest BCUT2D eigenvalue weighted by Crippen LogP contribution is -2.11. The molecule has 0 radical (unpaired) electrons. The van der Waals surface area contributed by atoms with E-state index in [0.717, 1.165) is 15.6 Å². The molecule has 3 aromatic carbocycles. The Balaban J connectivity index is 1.66. The minimum absolute atomic E-state index is 0.185. The van der Waals surface area contributed by atoms with E-state index in [1.54, 1.807) is 36.4 Å². The van der Waals surface area contributed by atoms with Crippen LogP contribution in [-0.2, 0) is 0 Å². The smallest absolute Gasteiger partial charge is 0.336 e. The van der Waals surface area contributed by atoms with Gasteiger partial charge in [0.25, 0.3) is 0 Å². The second-order valence-corrected chi connectivity index (χ2v) is 7.67. The van der Waals surface area contributed by atoms with Crippen LogP contribution in [0.2, 0.25) is 5.02 Å². The number of ketones is 1. The Morgan fingerprint density at radius 1 is 1.00 bits per heavy atom. The lowest BCUT2D eigenvalue weighted by Gasteiger charge is -2.11. The lowest BCUT2D eigenvalue weighted by atomic mass is 10.0. The van der Waals surface area contributed by atoms with E-state index >= 15 is 0 Å². The summed E-state index contributed by atoms with van der Waals surface area (Å²) in [6, 6.07) is 21.2. The molecule has 0 spiro atoms. The van der Waals surface area contributed by atoms with Crippen molar-refractivity contribution in [1.82, 2.24) is 0 Å². The van der Waals surface area contributed by atoms with Gasteiger partial charge in [-0.1, -0.05) is 70.0 Å². The van der Waals surface area contributed by atoms with E-state index in [1.165, 1.54) is 6.07 Å². The maximum Gasteiger partial charge on any atom is 0.336 e. The van der Waals surface area contributed by atoms with Gasteiger partial charge in [-0.05, 0) is 29.3 Å². The monoisotopic (exact) mass is 468 g/mol. The summed E-state index contributed by atoms with van der Waals surface area (Å²) in [7, 11) is 0. The Hall–Kier alpha value is -2.89. The van der Waals surface area contributed by atoms with Crippen LogP contribution in [-0.4, -0.2) is 12.4 Å². The molecule has 0 aliphatic rings. The molecule has 0 unspecified atom stereocenters. The van der Waals surface area contributed by atoms with Gasteiger partial charge in [0.05, 0.1) is 5.02 Å². The van der Waals surface area contributed by atoms with Crippen molar-refractivity contribution in [2.24, 2.45) is 0 Å². The summed E-state index contributed by atoms with van der Waals surface area (Å²) in [4.78, 5) is 24.4. The molecule has 1 aromatic heterocycles. The quantitative estimate of drug-likeness (QED) is 0.260. The number of ether oxygens (including phenoxy) is 1. The van der Waals surface area contributed by atoms with Crippen molar-refractivity contribution in [2.75, 3.05) is 6.61 Å². The number of halogens is 2. The van der Waals surface area contributed by atoms with Gasteiger partial charge in [0.2, 0.25) is 0 Å². The van der Waals surface area contributed by atoms with E-state index < -0.39 is 5.63 Å². The zero-order valence-electron chi connectivity index (χ0n) is 15.0. The van der Waals surface area contributed by atoms with Crippen LogP contribution in [0.3, 0.4) is 0 Å². The molecular formula is C23H14BrClO4. The van der Waals surface area contributed by atoms with E-state index in [9.17, 15) is 9.59 Å². The van der Waals surface area contributed by atoms with Gasteiger partial charge in [-0.15, -0.1) is 0 Å². The van der Waals surface area contributed by atoms with E-state index in [0.29, 0.717) is 21.6 Å². The highest BCUT2D eigenvalue weighted by Crippen LogP contribution is 2.34. The molecule has 0 saturated heterocycles. The summed E-state index contributed by atoms with van der Waals surface area (Å²) >= 11 is 9.73. The molecule has 29 heavy (non-hydrogen) atoms. The molecule has 4 nitrogen and oxygen atoms in total. The highest BCUT2D eigenvalue weighted by molar-refractivity contribution is 9.10. The van der Waals surface area contributed by atoms with Crippen molar-refractivity contribution in [2.45, 2.75) is 0 Å². The maximum atomic E-state index is 12.3. The summed E-state index contributed by atoms with van der Waals surface area (Å²) in [6.07, 6.45) is 0. The lowest BCUT2D eigenvalue weighted by molar-refractivity contribution is 0.0921. The molecular weight excluding hydrogens is 456 g/mol. The molecule has 0 atom stereocenters. The first kappa shape index (κ1) is 19.4. The molecule has 1 heterocycles. The second kappa shape index (κ2) is 8.23. The standard InChI is InChI=1S/C23H14BrClO4/c24-16-8-6-15(7-9-16)20(26)13-28-22-12-21-18(10-19(22)25)17(11-23(27)29-21)14-4-2-1-3-5-14/h1-12H,13H2. The molecule has 0 fully saturated rings. The Morgan fingerprint density at radius 2 is 1.72 bits per heavy atom. The van der Waals surface area contributed by atoms with Gasteiger partial charge < -0.3 is 9.15 Å². The SMILES string of the molecule is O=C(COc1cc2oc(=O)cc(-c3ccccc3)c2cc1Cl)c1ccc(Br)cc1. The summed E-state index contributed by atoms with van der Waals surface area (Å²) < 4.78 is 11.8. The zero-order valence-corrected chi connectivity index (χ0v) is 17.4. The summed E-state index contributed by atoms with van der Waals surface area (Å²) in [5.41, 5.74) is 1.99. The predicted octanol–water partition coefficient (Wildman–Crippen LogP) is 6.14. The fourth-order valence-electron chi connectivity index (χ4n) is 2.99. The van der Waals surface area contributed by atoms with Crippen LogP contribution in [0.1, 0.15) is 10.4 Å². The fraction of sp³-hybridized carbons (Fsp3) is 0.0435. The van der Waals surface area contributed by atoms with Crippen molar-refractivity contribution >= 4 is 44.3 Å². The molecule has 0 N–H and O–H groups in total. The summed E-state index contributed by atoms with van der Waals surface area (Å²) in [5.74, 6) is 0.0890. The van der Waals surface area contributed by atoms with Crippen molar-refractivity contribution in [3.8, 4) is 16.9 Å². The first-order valence-electron chi connectivity index (χ1n) is 8.75. The van der Waals surface area contributed by atoms with Crippen LogP contribution in [0.5, 0.6) is 5.75 Å². The average Bonchev–Trinajstić information content (AvgIpc) is 2.73. The van der Waals surface area contributed by atoms with Gasteiger partial charge in [-0.2, -0.15) is 0 Å². The van der Waals surface area contributed by atoms with Gasteiger partial charge in [0.15, 0.2) is 12.4 Å². The number of rotatable bonds is 5. The normalized spacial score (nSPS) is 10.8. The van der Waals surface area contributed by atoms with Crippen LogP contribution in [0.4, 0.5) is 0 Å². The number of fused-ring (bicyclic) bond motifs is 1. The van der Waals surface area contributed by atoms with Crippen molar-refractivity contribution in [3.05, 3.63) is 98.3 Å². The minimum Gasteiger partial charge on any atom is -0.484 e. The Kier molecular flexibility index (Phi) is 5.51. The van der Waals surface area contributed by atoms with Gasteiger partial charge >= 0.3 is 5.63 Å². The molecule has 0 amide bonds. The third-order valence-electron chi connectivity index (χ3n) is 4.41. The zero-order chi connectivity index (χ0) is 20.4. The van der Waals surface area contributed by atoms with Crippen molar-refractivity contribution in [3.63, 3.8) is 0 Å². The van der Waals surface area contributed by atoms with Gasteiger partial charge in [-0.3, -0.25) is 4.79 Å². The van der Waals surface area contributed by atoms with E-state index in [4.69, 9.17) is 20.8 Å². The largest absolute Gasteiger partial charge is 0.484 e. The van der Waals surface area contributed by atoms with E-state index in [-0.39, 0.29) is 18.1 Å². The fourth-order valence-corrected chi connectivity index (χ4v) is 3.48. The van der Waals surface area contributed by atoms with Crippen molar-refractivity contribution in [1.29, 1.82) is 0 Å². The third kappa shape index (κ3) is 4.26. The number of hydrogen-bond acceptors (Lipinski definition) is 4. The molecule has 4 aromatic rings. The number of Topliss-reactive ketones (excluding diaryl/α,β-unsaturated/α-hetero) is 1. The number of benzene rings is 3. The molecule has 0 saturated carbocycles. The van der Waals surface area contributed by atoms with Gasteiger partial charge in [0, 0.05) is 27.6 Å². The highest BCUT2D eigenvalue weighted by atomic mass is 79.9. The third-order valence-corrected chi connectivity index (χ3v) is 5.23. The summed E-state index contributed by atoms with van der Waals surface area (Å²) in [6.45, 7) is -0.185. The second-order valence-electron chi connectivity index (χ2n) is 6.34. The summed E-state index contributed by atoms with van der Waals surface area (Å²) in [5, 5.41) is 1.01. The Labute approximate surface area is 179 Å². The molecule has 0 aliphatic heterocycles. The van der Waals surface area contributed by atoms with Crippen molar-refractivity contribution < 1.29 is 13.9 Å². The topological polar surface area (TPSA) is 56.5 Å². The van der Waals surface area contributed by atoms with Crippen LogP contribution >= 0.6 is 27.5 Å². The van der Waals surface area contributed by atoms with Crippen LogP contribution in [0.25, 0.3) is 22.1 Å². The number of hydrogen-bond donors (Lipinski definition) is 0. The van der Waals surface area contributed by atoms with Crippen LogP contribution in [0, 0.1) is 0 Å².